The molecule has 6 heteroatoms. The molecule has 1 fully saturated rings. The van der Waals surface area contributed by atoms with E-state index >= 15 is 0 Å². The second kappa shape index (κ2) is 8.23. The van der Waals surface area contributed by atoms with Gasteiger partial charge in [-0.2, -0.15) is 0 Å². The van der Waals surface area contributed by atoms with Crippen LogP contribution in [0.2, 0.25) is 0 Å². The molecule has 0 saturated carbocycles. The van der Waals surface area contributed by atoms with Gasteiger partial charge in [0.1, 0.15) is 5.75 Å². The molecule has 1 heterocycles. The first-order valence-electron chi connectivity index (χ1n) is 9.10. The summed E-state index contributed by atoms with van der Waals surface area (Å²) in [5.74, 6) is 0.349. The molecule has 1 aliphatic rings. The predicted octanol–water partition coefficient (Wildman–Crippen LogP) is 3.43. The lowest BCUT2D eigenvalue weighted by atomic mass is 9.91. The number of piperidine rings is 1. The molecule has 3 rings (SSSR count). The molecular weight excluding hydrogens is 362 g/mol. The highest BCUT2D eigenvalue weighted by molar-refractivity contribution is 7.88. The van der Waals surface area contributed by atoms with Gasteiger partial charge in [0, 0.05) is 24.6 Å². The van der Waals surface area contributed by atoms with Crippen LogP contribution in [0.4, 0.5) is 0 Å². The summed E-state index contributed by atoms with van der Waals surface area (Å²) in [6.07, 6.45) is 1.40. The van der Waals surface area contributed by atoms with Gasteiger partial charge in [-0.05, 0) is 49.6 Å². The Bertz CT molecular complexity index is 889. The Morgan fingerprint density at radius 2 is 1.78 bits per heavy atom. The number of benzene rings is 2. The Morgan fingerprint density at radius 1 is 1.11 bits per heavy atom. The van der Waals surface area contributed by atoms with Gasteiger partial charge in [-0.25, -0.2) is 12.7 Å². The van der Waals surface area contributed by atoms with Crippen molar-refractivity contribution in [2.24, 2.45) is 5.92 Å². The summed E-state index contributed by atoms with van der Waals surface area (Å²) < 4.78 is 32.2. The van der Waals surface area contributed by atoms with Gasteiger partial charge in [0.05, 0.1) is 12.9 Å². The minimum atomic E-state index is -3.45. The van der Waals surface area contributed by atoms with Crippen LogP contribution in [0.15, 0.2) is 48.5 Å². The van der Waals surface area contributed by atoms with Crippen molar-refractivity contribution in [3.05, 3.63) is 65.2 Å². The first-order valence-corrected chi connectivity index (χ1v) is 10.7. The van der Waals surface area contributed by atoms with Crippen LogP contribution in [0, 0.1) is 12.8 Å². The number of methoxy groups -OCH3 is 1. The number of sulfonamides is 1. The van der Waals surface area contributed by atoms with E-state index in [-0.39, 0.29) is 24.0 Å². The van der Waals surface area contributed by atoms with Crippen LogP contribution in [-0.2, 0) is 15.8 Å². The molecule has 0 N–H and O–H groups in total. The van der Waals surface area contributed by atoms with Gasteiger partial charge in [-0.15, -0.1) is 0 Å². The normalized spacial score (nSPS) is 18.2. The van der Waals surface area contributed by atoms with Crippen molar-refractivity contribution in [1.82, 2.24) is 4.31 Å². The second-order valence-corrected chi connectivity index (χ2v) is 9.00. The van der Waals surface area contributed by atoms with Crippen molar-refractivity contribution in [1.29, 1.82) is 0 Å². The molecule has 5 nitrogen and oxygen atoms in total. The fourth-order valence-electron chi connectivity index (χ4n) is 3.39. The Balaban J connectivity index is 1.70. The van der Waals surface area contributed by atoms with Crippen LogP contribution in [0.3, 0.4) is 0 Å². The van der Waals surface area contributed by atoms with E-state index in [9.17, 15) is 13.2 Å². The number of nitrogens with zero attached hydrogens (tertiary/aromatic N) is 1. The summed E-state index contributed by atoms with van der Waals surface area (Å²) in [5.41, 5.74) is 2.46. The molecule has 0 bridgehead atoms. The quantitative estimate of drug-likeness (QED) is 0.713. The zero-order chi connectivity index (χ0) is 19.4. The van der Waals surface area contributed by atoms with Crippen molar-refractivity contribution >= 4 is 15.8 Å². The molecule has 1 unspecified atom stereocenters. The number of aryl methyl sites for hydroxylation is 1. The van der Waals surface area contributed by atoms with Gasteiger partial charge < -0.3 is 4.74 Å². The fourth-order valence-corrected chi connectivity index (χ4v) is 5.00. The zero-order valence-electron chi connectivity index (χ0n) is 15.7. The van der Waals surface area contributed by atoms with Crippen molar-refractivity contribution in [3.63, 3.8) is 0 Å². The maximum absolute atomic E-state index is 12.8. The number of hydrogen-bond acceptors (Lipinski definition) is 4. The number of carbonyl (C=O) groups is 1. The third-order valence-electron chi connectivity index (χ3n) is 4.99. The van der Waals surface area contributed by atoms with Gasteiger partial charge >= 0.3 is 0 Å². The Hall–Kier alpha value is -2.18. The van der Waals surface area contributed by atoms with Crippen LogP contribution in [0.25, 0.3) is 0 Å². The van der Waals surface area contributed by atoms with E-state index in [1.807, 2.05) is 31.2 Å². The molecule has 144 valence electrons. The van der Waals surface area contributed by atoms with Gasteiger partial charge in [0.2, 0.25) is 10.0 Å². The maximum Gasteiger partial charge on any atom is 0.218 e. The minimum Gasteiger partial charge on any atom is -0.497 e. The Morgan fingerprint density at radius 3 is 2.41 bits per heavy atom. The molecule has 1 aliphatic heterocycles. The topological polar surface area (TPSA) is 63.7 Å². The molecule has 0 amide bonds. The maximum atomic E-state index is 12.8. The average Bonchev–Trinajstić information content (AvgIpc) is 2.69. The SMILES string of the molecule is COc1ccc(C(=O)C2CCCN(S(=O)(=O)Cc3ccc(C)cc3)C2)cc1. The highest BCUT2D eigenvalue weighted by atomic mass is 32.2. The molecule has 27 heavy (non-hydrogen) atoms. The van der Waals surface area contributed by atoms with Gasteiger partial charge in [0.15, 0.2) is 5.78 Å². The third kappa shape index (κ3) is 4.76. The lowest BCUT2D eigenvalue weighted by Gasteiger charge is -2.31. The van der Waals surface area contributed by atoms with Crippen LogP contribution in [0.5, 0.6) is 5.75 Å². The van der Waals surface area contributed by atoms with E-state index in [0.717, 1.165) is 11.1 Å². The van der Waals surface area contributed by atoms with Crippen LogP contribution < -0.4 is 4.74 Å². The third-order valence-corrected chi connectivity index (χ3v) is 6.81. The first-order chi connectivity index (χ1) is 12.9. The van der Waals surface area contributed by atoms with Crippen LogP contribution in [0.1, 0.15) is 34.3 Å². The number of carbonyl (C=O) groups excluding carboxylic acids is 1. The second-order valence-electron chi connectivity index (χ2n) is 7.03. The lowest BCUT2D eigenvalue weighted by Crippen LogP contribution is -2.42. The van der Waals surface area contributed by atoms with Gasteiger partial charge in [0.25, 0.3) is 0 Å². The van der Waals surface area contributed by atoms with E-state index in [1.165, 1.54) is 4.31 Å². The van der Waals surface area contributed by atoms with Crippen molar-refractivity contribution in [2.45, 2.75) is 25.5 Å². The largest absolute Gasteiger partial charge is 0.497 e. The minimum absolute atomic E-state index is 0.00658. The monoisotopic (exact) mass is 387 g/mol. The number of Topliss-reactive ketones (excluding diaryl/α,β-unsaturated/α-hetero) is 1. The van der Waals surface area contributed by atoms with E-state index in [4.69, 9.17) is 4.74 Å². The molecule has 2 aromatic carbocycles. The molecule has 0 aromatic heterocycles. The fraction of sp³-hybridized carbons (Fsp3) is 0.381. The van der Waals surface area contributed by atoms with Crippen molar-refractivity contribution in [3.8, 4) is 5.75 Å². The first kappa shape index (κ1) is 19.6. The molecule has 0 radical (unpaired) electrons. The summed E-state index contributed by atoms with van der Waals surface area (Å²) in [6, 6.07) is 14.5. The summed E-state index contributed by atoms with van der Waals surface area (Å²) in [6.45, 7) is 2.69. The van der Waals surface area contributed by atoms with Crippen molar-refractivity contribution in [2.75, 3.05) is 20.2 Å². The van der Waals surface area contributed by atoms with Gasteiger partial charge in [-0.3, -0.25) is 4.79 Å². The van der Waals surface area contributed by atoms with Gasteiger partial charge in [-0.1, -0.05) is 29.8 Å². The molecule has 1 saturated heterocycles. The van der Waals surface area contributed by atoms with Crippen LogP contribution in [-0.4, -0.2) is 38.7 Å². The summed E-state index contributed by atoms with van der Waals surface area (Å²) >= 11 is 0. The molecule has 2 aromatic rings. The van der Waals surface area contributed by atoms with E-state index in [0.29, 0.717) is 30.7 Å². The molecule has 0 spiro atoms. The summed E-state index contributed by atoms with van der Waals surface area (Å²) in [4.78, 5) is 12.8. The number of ketones is 1. The van der Waals surface area contributed by atoms with E-state index in [2.05, 4.69) is 0 Å². The molecule has 0 aliphatic carbocycles. The molecular formula is C21H25NO4S. The number of ether oxygens (including phenoxy) is 1. The zero-order valence-corrected chi connectivity index (χ0v) is 16.5. The number of rotatable bonds is 6. The number of hydrogen-bond donors (Lipinski definition) is 0. The van der Waals surface area contributed by atoms with E-state index in [1.54, 1.807) is 31.4 Å². The van der Waals surface area contributed by atoms with Crippen LogP contribution >= 0.6 is 0 Å². The standard InChI is InChI=1S/C21H25NO4S/c1-16-5-7-17(8-6-16)15-27(24,25)22-13-3-4-19(14-22)21(23)18-9-11-20(26-2)12-10-18/h5-12,19H,3-4,13-15H2,1-2H3. The van der Waals surface area contributed by atoms with E-state index < -0.39 is 10.0 Å². The average molecular weight is 388 g/mol. The Labute approximate surface area is 161 Å². The Kier molecular flexibility index (Phi) is 5.97. The highest BCUT2D eigenvalue weighted by Crippen LogP contribution is 2.25. The summed E-state index contributed by atoms with van der Waals surface area (Å²) in [7, 11) is -1.87. The highest BCUT2D eigenvalue weighted by Gasteiger charge is 2.32. The van der Waals surface area contributed by atoms with Crippen molar-refractivity contribution < 1.29 is 17.9 Å². The molecule has 1 atom stereocenters. The predicted molar refractivity (Wildman–Crippen MR) is 105 cm³/mol. The lowest BCUT2D eigenvalue weighted by molar-refractivity contribution is 0.0872. The smallest absolute Gasteiger partial charge is 0.218 e. The summed E-state index contributed by atoms with van der Waals surface area (Å²) in [5, 5.41) is 0.